The quantitative estimate of drug-likeness (QED) is 0.697. The summed E-state index contributed by atoms with van der Waals surface area (Å²) in [6.45, 7) is 1.38. The molecule has 0 fully saturated rings. The maximum Gasteiger partial charge on any atom is 0.274 e. The number of halogens is 2. The summed E-state index contributed by atoms with van der Waals surface area (Å²) in [5.41, 5.74) is 1.44. The van der Waals surface area contributed by atoms with Crippen LogP contribution in [0, 0.1) is 12.7 Å². The number of benzene rings is 1. The Hall–Kier alpha value is -3.33. The second kappa shape index (κ2) is 7.92. The first-order chi connectivity index (χ1) is 13.0. The van der Waals surface area contributed by atoms with Crippen LogP contribution in [0.25, 0.3) is 5.69 Å². The normalized spacial score (nSPS) is 10.5. The summed E-state index contributed by atoms with van der Waals surface area (Å²) in [5.74, 6) is -1.53. The molecule has 2 aromatic heterocycles. The molecule has 8 nitrogen and oxygen atoms in total. The van der Waals surface area contributed by atoms with Gasteiger partial charge in [-0.1, -0.05) is 16.8 Å². The molecule has 138 valence electrons. The predicted molar refractivity (Wildman–Crippen MR) is 96.3 cm³/mol. The maximum absolute atomic E-state index is 13.3. The number of hydrogen-bond acceptors (Lipinski definition) is 5. The molecule has 10 heteroatoms. The molecule has 0 unspecified atom stereocenters. The van der Waals surface area contributed by atoms with E-state index in [0.29, 0.717) is 17.1 Å². The van der Waals surface area contributed by atoms with Crippen LogP contribution in [0.2, 0.25) is 5.02 Å². The molecule has 0 atom stereocenters. The van der Waals surface area contributed by atoms with Crippen molar-refractivity contribution in [1.29, 1.82) is 0 Å². The van der Waals surface area contributed by atoms with Crippen molar-refractivity contribution in [3.63, 3.8) is 0 Å². The summed E-state index contributed by atoms with van der Waals surface area (Å²) in [6.07, 6.45) is 3.07. The smallest absolute Gasteiger partial charge is 0.274 e. The van der Waals surface area contributed by atoms with Crippen molar-refractivity contribution in [2.45, 2.75) is 6.92 Å². The molecule has 0 aliphatic heterocycles. The summed E-state index contributed by atoms with van der Waals surface area (Å²) < 4.78 is 14.7. The van der Waals surface area contributed by atoms with Crippen LogP contribution < -0.4 is 10.6 Å². The average molecular weight is 389 g/mol. The summed E-state index contributed by atoms with van der Waals surface area (Å²) in [7, 11) is 0. The van der Waals surface area contributed by atoms with Gasteiger partial charge in [0.05, 0.1) is 34.8 Å². The van der Waals surface area contributed by atoms with Crippen molar-refractivity contribution in [3.8, 4) is 5.69 Å². The Morgan fingerprint density at radius 3 is 2.81 bits per heavy atom. The molecule has 3 aromatic rings. The molecule has 0 bridgehead atoms. The third-order valence-electron chi connectivity index (χ3n) is 3.61. The number of nitrogens with one attached hydrogen (secondary N) is 2. The molecule has 3 rings (SSSR count). The van der Waals surface area contributed by atoms with E-state index in [-0.39, 0.29) is 17.3 Å². The Morgan fingerprint density at radius 1 is 1.30 bits per heavy atom. The summed E-state index contributed by atoms with van der Waals surface area (Å²) in [4.78, 5) is 28.0. The van der Waals surface area contributed by atoms with Gasteiger partial charge >= 0.3 is 0 Å². The molecule has 0 saturated carbocycles. The van der Waals surface area contributed by atoms with E-state index in [4.69, 9.17) is 11.6 Å². The number of anilines is 1. The van der Waals surface area contributed by atoms with Crippen LogP contribution in [-0.2, 0) is 4.79 Å². The van der Waals surface area contributed by atoms with Crippen molar-refractivity contribution >= 4 is 29.1 Å². The van der Waals surface area contributed by atoms with E-state index in [1.54, 1.807) is 25.3 Å². The minimum atomic E-state index is -0.562. The van der Waals surface area contributed by atoms with E-state index in [1.807, 2.05) is 0 Å². The summed E-state index contributed by atoms with van der Waals surface area (Å²) in [5, 5.41) is 12.7. The maximum atomic E-state index is 13.3. The first-order valence-electron chi connectivity index (χ1n) is 7.81. The molecule has 0 spiro atoms. The molecule has 2 N–H and O–H groups in total. The summed E-state index contributed by atoms with van der Waals surface area (Å²) in [6, 6.07) is 7.39. The third kappa shape index (κ3) is 4.26. The Morgan fingerprint density at radius 2 is 2.11 bits per heavy atom. The van der Waals surface area contributed by atoms with E-state index in [2.05, 4.69) is 25.9 Å². The Balaban J connectivity index is 1.66. The first-order valence-corrected chi connectivity index (χ1v) is 8.19. The zero-order valence-corrected chi connectivity index (χ0v) is 14.9. The monoisotopic (exact) mass is 388 g/mol. The Kier molecular flexibility index (Phi) is 5.41. The number of hydrogen-bond donors (Lipinski definition) is 2. The van der Waals surface area contributed by atoms with Crippen LogP contribution in [-0.4, -0.2) is 38.3 Å². The number of amides is 2. The lowest BCUT2D eigenvalue weighted by Crippen LogP contribution is -2.33. The molecular formula is C17H14ClFN6O2. The molecule has 0 aliphatic rings. The van der Waals surface area contributed by atoms with Crippen molar-refractivity contribution in [2.24, 2.45) is 0 Å². The van der Waals surface area contributed by atoms with Gasteiger partial charge < -0.3 is 10.6 Å². The SMILES string of the molecule is Cc1c(C(=O)NCC(=O)Nc2cccnc2)nnn1-c1ccc(F)c(Cl)c1. The number of carbonyl (C=O) groups excluding carboxylic acids is 2. The Bertz CT molecular complexity index is 992. The lowest BCUT2D eigenvalue weighted by atomic mass is 10.2. The molecule has 2 heterocycles. The fourth-order valence-corrected chi connectivity index (χ4v) is 2.46. The van der Waals surface area contributed by atoms with Gasteiger partial charge in [0, 0.05) is 6.20 Å². The van der Waals surface area contributed by atoms with Crippen LogP contribution >= 0.6 is 11.6 Å². The van der Waals surface area contributed by atoms with E-state index >= 15 is 0 Å². The fourth-order valence-electron chi connectivity index (χ4n) is 2.29. The van der Waals surface area contributed by atoms with Gasteiger partial charge in [0.1, 0.15) is 5.82 Å². The largest absolute Gasteiger partial charge is 0.342 e. The predicted octanol–water partition coefficient (Wildman–Crippen LogP) is 2.13. The van der Waals surface area contributed by atoms with Gasteiger partial charge in [0.25, 0.3) is 5.91 Å². The highest BCUT2D eigenvalue weighted by Crippen LogP contribution is 2.20. The zero-order valence-electron chi connectivity index (χ0n) is 14.1. The standard InChI is InChI=1S/C17H14ClFN6O2/c1-10-16(23-24-25(10)12-4-5-14(19)13(18)7-12)17(27)21-9-15(26)22-11-3-2-6-20-8-11/h2-8H,9H2,1H3,(H,21,27)(H,22,26). The van der Waals surface area contributed by atoms with Gasteiger partial charge in [-0.15, -0.1) is 5.10 Å². The van der Waals surface area contributed by atoms with Crippen LogP contribution in [0.4, 0.5) is 10.1 Å². The topological polar surface area (TPSA) is 102 Å². The lowest BCUT2D eigenvalue weighted by Gasteiger charge is -2.06. The molecule has 0 radical (unpaired) electrons. The van der Waals surface area contributed by atoms with Crippen molar-refractivity contribution in [1.82, 2.24) is 25.3 Å². The summed E-state index contributed by atoms with van der Waals surface area (Å²) >= 11 is 5.77. The number of aromatic nitrogens is 4. The van der Waals surface area contributed by atoms with Crippen LogP contribution in [0.5, 0.6) is 0 Å². The highest BCUT2D eigenvalue weighted by Gasteiger charge is 2.18. The molecule has 0 aliphatic carbocycles. The highest BCUT2D eigenvalue weighted by molar-refractivity contribution is 6.30. The van der Waals surface area contributed by atoms with Crippen LogP contribution in [0.1, 0.15) is 16.2 Å². The second-order valence-electron chi connectivity index (χ2n) is 5.51. The molecular weight excluding hydrogens is 375 g/mol. The second-order valence-corrected chi connectivity index (χ2v) is 5.91. The van der Waals surface area contributed by atoms with E-state index in [0.717, 1.165) is 0 Å². The van der Waals surface area contributed by atoms with E-state index in [9.17, 15) is 14.0 Å². The van der Waals surface area contributed by atoms with Crippen molar-refractivity contribution < 1.29 is 14.0 Å². The molecule has 0 saturated heterocycles. The number of pyridine rings is 1. The van der Waals surface area contributed by atoms with Crippen LogP contribution in [0.3, 0.4) is 0 Å². The van der Waals surface area contributed by atoms with E-state index in [1.165, 1.54) is 29.1 Å². The number of carbonyl (C=O) groups is 2. The van der Waals surface area contributed by atoms with Crippen molar-refractivity contribution in [2.75, 3.05) is 11.9 Å². The van der Waals surface area contributed by atoms with Crippen LogP contribution in [0.15, 0.2) is 42.7 Å². The molecule has 27 heavy (non-hydrogen) atoms. The highest BCUT2D eigenvalue weighted by atomic mass is 35.5. The van der Waals surface area contributed by atoms with Gasteiger partial charge in [0.2, 0.25) is 5.91 Å². The Labute approximate surface area is 158 Å². The van der Waals surface area contributed by atoms with Gasteiger partial charge in [-0.3, -0.25) is 14.6 Å². The fraction of sp³-hybridized carbons (Fsp3) is 0.118. The van der Waals surface area contributed by atoms with Gasteiger partial charge in [-0.2, -0.15) is 0 Å². The lowest BCUT2D eigenvalue weighted by molar-refractivity contribution is -0.115. The molecule has 2 amide bonds. The number of nitrogens with zero attached hydrogens (tertiary/aromatic N) is 4. The number of rotatable bonds is 5. The third-order valence-corrected chi connectivity index (χ3v) is 3.90. The zero-order chi connectivity index (χ0) is 19.4. The first kappa shape index (κ1) is 18.5. The molecule has 1 aromatic carbocycles. The minimum Gasteiger partial charge on any atom is -0.342 e. The van der Waals surface area contributed by atoms with Gasteiger partial charge in [-0.05, 0) is 37.3 Å². The van der Waals surface area contributed by atoms with E-state index < -0.39 is 17.6 Å². The van der Waals surface area contributed by atoms with Gasteiger partial charge in [0.15, 0.2) is 5.69 Å². The van der Waals surface area contributed by atoms with Crippen molar-refractivity contribution in [3.05, 3.63) is 65.0 Å². The minimum absolute atomic E-state index is 0.0459. The average Bonchev–Trinajstić information content (AvgIpc) is 3.04. The van der Waals surface area contributed by atoms with Gasteiger partial charge in [-0.25, -0.2) is 9.07 Å².